The maximum atomic E-state index is 3.21. The van der Waals surface area contributed by atoms with E-state index in [0.29, 0.717) is 0 Å². The molecule has 0 saturated heterocycles. The molecule has 0 radical (unpaired) electrons. The van der Waals surface area contributed by atoms with Crippen LogP contribution in [-0.4, -0.2) is 18.5 Å². The van der Waals surface area contributed by atoms with Crippen molar-refractivity contribution < 1.29 is 0 Å². The molecule has 1 aromatic rings. The standard InChI is InChI=1S/C15H24N2/c1-12(2)6-7-17-10-14-5-4-13(9-16-3)8-15(14)11-17/h4-5,8,12,16H,6-7,9-11H2,1-3H3. The number of nitrogens with zero attached hydrogens (tertiary/aromatic N) is 1. The summed E-state index contributed by atoms with van der Waals surface area (Å²) in [5.74, 6) is 0.804. The highest BCUT2D eigenvalue weighted by atomic mass is 15.1. The normalized spacial score (nSPS) is 15.5. The molecular formula is C15H24N2. The van der Waals surface area contributed by atoms with Crippen molar-refractivity contribution in [3.05, 3.63) is 34.9 Å². The summed E-state index contributed by atoms with van der Waals surface area (Å²) in [6.07, 6.45) is 1.30. The third-order valence-electron chi connectivity index (χ3n) is 3.46. The maximum absolute atomic E-state index is 3.21. The summed E-state index contributed by atoms with van der Waals surface area (Å²) in [5.41, 5.74) is 4.45. The fourth-order valence-corrected chi connectivity index (χ4v) is 2.43. The molecule has 0 aromatic heterocycles. The summed E-state index contributed by atoms with van der Waals surface area (Å²) in [6, 6.07) is 6.92. The number of hydrogen-bond donors (Lipinski definition) is 1. The molecule has 0 fully saturated rings. The highest BCUT2D eigenvalue weighted by molar-refractivity contribution is 5.34. The van der Waals surface area contributed by atoms with Gasteiger partial charge in [0.2, 0.25) is 0 Å². The van der Waals surface area contributed by atoms with E-state index in [1.165, 1.54) is 29.7 Å². The second-order valence-corrected chi connectivity index (χ2v) is 5.53. The van der Waals surface area contributed by atoms with Gasteiger partial charge >= 0.3 is 0 Å². The summed E-state index contributed by atoms with van der Waals surface area (Å²) in [6.45, 7) is 9.08. The minimum absolute atomic E-state index is 0.804. The summed E-state index contributed by atoms with van der Waals surface area (Å²) in [5, 5.41) is 3.21. The highest BCUT2D eigenvalue weighted by Gasteiger charge is 2.18. The Hall–Kier alpha value is -0.860. The molecule has 0 atom stereocenters. The minimum atomic E-state index is 0.804. The van der Waals surface area contributed by atoms with Crippen LogP contribution in [0.15, 0.2) is 18.2 Å². The van der Waals surface area contributed by atoms with Crippen molar-refractivity contribution in [3.63, 3.8) is 0 Å². The molecule has 2 nitrogen and oxygen atoms in total. The first-order valence-electron chi connectivity index (χ1n) is 6.66. The molecule has 0 bridgehead atoms. The van der Waals surface area contributed by atoms with Gasteiger partial charge in [-0.05, 0) is 42.6 Å². The van der Waals surface area contributed by atoms with Gasteiger partial charge in [-0.25, -0.2) is 0 Å². The molecule has 1 aliphatic heterocycles. The van der Waals surface area contributed by atoms with Gasteiger partial charge in [0.1, 0.15) is 0 Å². The Morgan fingerprint density at radius 2 is 2.00 bits per heavy atom. The zero-order chi connectivity index (χ0) is 12.3. The van der Waals surface area contributed by atoms with Crippen LogP contribution < -0.4 is 5.32 Å². The first kappa shape index (κ1) is 12.6. The summed E-state index contributed by atoms with van der Waals surface area (Å²) in [7, 11) is 2.00. The molecule has 1 N–H and O–H groups in total. The van der Waals surface area contributed by atoms with E-state index in [1.54, 1.807) is 0 Å². The Balaban J connectivity index is 1.96. The van der Waals surface area contributed by atoms with Crippen LogP contribution in [0.5, 0.6) is 0 Å². The third-order valence-corrected chi connectivity index (χ3v) is 3.46. The van der Waals surface area contributed by atoms with Gasteiger partial charge in [-0.2, -0.15) is 0 Å². The molecule has 1 aromatic carbocycles. The lowest BCUT2D eigenvalue weighted by Gasteiger charge is -2.15. The molecule has 17 heavy (non-hydrogen) atoms. The molecule has 94 valence electrons. The van der Waals surface area contributed by atoms with E-state index >= 15 is 0 Å². The molecule has 1 aliphatic rings. The second-order valence-electron chi connectivity index (χ2n) is 5.53. The maximum Gasteiger partial charge on any atom is 0.0240 e. The van der Waals surface area contributed by atoms with E-state index in [0.717, 1.165) is 25.6 Å². The number of nitrogens with one attached hydrogen (secondary N) is 1. The summed E-state index contributed by atoms with van der Waals surface area (Å²) in [4.78, 5) is 2.56. The van der Waals surface area contributed by atoms with Crippen molar-refractivity contribution in [1.82, 2.24) is 10.2 Å². The van der Waals surface area contributed by atoms with Gasteiger partial charge in [0.15, 0.2) is 0 Å². The second kappa shape index (κ2) is 5.65. The lowest BCUT2D eigenvalue weighted by atomic mass is 10.1. The third kappa shape index (κ3) is 3.30. The Kier molecular flexibility index (Phi) is 4.19. The molecule has 2 rings (SSSR count). The van der Waals surface area contributed by atoms with Gasteiger partial charge in [-0.15, -0.1) is 0 Å². The van der Waals surface area contributed by atoms with Crippen LogP contribution in [-0.2, 0) is 19.6 Å². The van der Waals surface area contributed by atoms with Gasteiger partial charge in [0.25, 0.3) is 0 Å². The molecule has 0 spiro atoms. The minimum Gasteiger partial charge on any atom is -0.316 e. The average Bonchev–Trinajstić information content (AvgIpc) is 2.69. The van der Waals surface area contributed by atoms with Crippen molar-refractivity contribution >= 4 is 0 Å². The van der Waals surface area contributed by atoms with E-state index < -0.39 is 0 Å². The molecule has 0 amide bonds. The Morgan fingerprint density at radius 1 is 1.24 bits per heavy atom. The molecule has 0 saturated carbocycles. The molecule has 0 aliphatic carbocycles. The van der Waals surface area contributed by atoms with Crippen molar-refractivity contribution in [2.45, 2.75) is 39.9 Å². The van der Waals surface area contributed by atoms with E-state index in [4.69, 9.17) is 0 Å². The predicted octanol–water partition coefficient (Wildman–Crippen LogP) is 2.77. The van der Waals surface area contributed by atoms with Crippen LogP contribution >= 0.6 is 0 Å². The van der Waals surface area contributed by atoms with Crippen molar-refractivity contribution in [2.75, 3.05) is 13.6 Å². The lowest BCUT2D eigenvalue weighted by molar-refractivity contribution is 0.266. The number of benzene rings is 1. The Labute approximate surface area is 105 Å². The van der Waals surface area contributed by atoms with Crippen LogP contribution in [0, 0.1) is 5.92 Å². The molecular weight excluding hydrogens is 208 g/mol. The monoisotopic (exact) mass is 232 g/mol. The van der Waals surface area contributed by atoms with Crippen LogP contribution in [0.4, 0.5) is 0 Å². The van der Waals surface area contributed by atoms with Crippen LogP contribution in [0.3, 0.4) is 0 Å². The number of hydrogen-bond acceptors (Lipinski definition) is 2. The number of fused-ring (bicyclic) bond motifs is 1. The largest absolute Gasteiger partial charge is 0.316 e. The van der Waals surface area contributed by atoms with E-state index in [-0.39, 0.29) is 0 Å². The zero-order valence-corrected chi connectivity index (χ0v) is 11.3. The first-order valence-corrected chi connectivity index (χ1v) is 6.66. The number of rotatable bonds is 5. The summed E-state index contributed by atoms with van der Waals surface area (Å²) < 4.78 is 0. The lowest BCUT2D eigenvalue weighted by Crippen LogP contribution is -2.18. The summed E-state index contributed by atoms with van der Waals surface area (Å²) >= 11 is 0. The van der Waals surface area contributed by atoms with Crippen molar-refractivity contribution in [2.24, 2.45) is 5.92 Å². The quantitative estimate of drug-likeness (QED) is 0.840. The van der Waals surface area contributed by atoms with E-state index in [1.807, 2.05) is 7.05 Å². The van der Waals surface area contributed by atoms with E-state index in [9.17, 15) is 0 Å². The average molecular weight is 232 g/mol. The molecule has 2 heteroatoms. The molecule has 0 unspecified atom stereocenters. The molecule has 1 heterocycles. The topological polar surface area (TPSA) is 15.3 Å². The van der Waals surface area contributed by atoms with Crippen LogP contribution in [0.2, 0.25) is 0 Å². The van der Waals surface area contributed by atoms with Crippen molar-refractivity contribution in [3.8, 4) is 0 Å². The van der Waals surface area contributed by atoms with E-state index in [2.05, 4.69) is 42.3 Å². The Morgan fingerprint density at radius 3 is 2.71 bits per heavy atom. The SMILES string of the molecule is CNCc1ccc2c(c1)CN(CCC(C)C)C2. The highest BCUT2D eigenvalue weighted by Crippen LogP contribution is 2.24. The predicted molar refractivity (Wildman–Crippen MR) is 72.8 cm³/mol. The first-order chi connectivity index (χ1) is 8.19. The fraction of sp³-hybridized carbons (Fsp3) is 0.600. The van der Waals surface area contributed by atoms with Crippen LogP contribution in [0.1, 0.15) is 37.0 Å². The fourth-order valence-electron chi connectivity index (χ4n) is 2.43. The Bertz CT molecular complexity index is 371. The van der Waals surface area contributed by atoms with Crippen molar-refractivity contribution in [1.29, 1.82) is 0 Å². The smallest absolute Gasteiger partial charge is 0.0240 e. The van der Waals surface area contributed by atoms with Crippen LogP contribution in [0.25, 0.3) is 0 Å². The van der Waals surface area contributed by atoms with Gasteiger partial charge in [-0.1, -0.05) is 32.0 Å². The van der Waals surface area contributed by atoms with Gasteiger partial charge in [-0.3, -0.25) is 4.90 Å². The zero-order valence-electron chi connectivity index (χ0n) is 11.3. The van der Waals surface area contributed by atoms with Gasteiger partial charge in [0.05, 0.1) is 0 Å². The van der Waals surface area contributed by atoms with Gasteiger partial charge < -0.3 is 5.32 Å². The van der Waals surface area contributed by atoms with Gasteiger partial charge in [0, 0.05) is 19.6 Å².